The Morgan fingerprint density at radius 3 is 2.50 bits per heavy atom. The molecule has 5 N–H and O–H groups in total. The zero-order chi connectivity index (χ0) is 16.7. The van der Waals surface area contributed by atoms with Gasteiger partial charge < -0.3 is 21.7 Å². The van der Waals surface area contributed by atoms with Gasteiger partial charge >= 0.3 is 0 Å². The third-order valence-corrected chi connectivity index (χ3v) is 3.80. The average molecular weight is 355 g/mol. The van der Waals surface area contributed by atoms with Gasteiger partial charge in [-0.05, 0) is 56.1 Å². The Labute approximate surface area is 147 Å². The Morgan fingerprint density at radius 2 is 1.92 bits per heavy atom. The van der Waals surface area contributed by atoms with Crippen LogP contribution < -0.4 is 21.7 Å². The standard InChI is InChI=1S/C16H22N4O3.ClH/c17-14(21)10-19-16(23)12-2-4-13(5-3-12)20-15(22)6-1-11-7-8-18-9-11;/h2-5,11,18H,1,6-10H2,(H2,17,21)(H,19,23)(H,20,22);1H. The quantitative estimate of drug-likeness (QED) is 0.575. The van der Waals surface area contributed by atoms with E-state index in [1.165, 1.54) is 0 Å². The van der Waals surface area contributed by atoms with Crippen LogP contribution in [0, 0.1) is 5.92 Å². The van der Waals surface area contributed by atoms with Crippen molar-refractivity contribution in [2.45, 2.75) is 19.3 Å². The maximum atomic E-state index is 11.9. The van der Waals surface area contributed by atoms with Gasteiger partial charge in [-0.25, -0.2) is 0 Å². The van der Waals surface area contributed by atoms with Crippen LogP contribution in [0.4, 0.5) is 5.69 Å². The maximum Gasteiger partial charge on any atom is 0.251 e. The van der Waals surface area contributed by atoms with Crippen molar-refractivity contribution in [2.24, 2.45) is 11.7 Å². The van der Waals surface area contributed by atoms with Crippen LogP contribution in [-0.2, 0) is 9.59 Å². The fraction of sp³-hybridized carbons (Fsp3) is 0.438. The maximum absolute atomic E-state index is 11.9. The number of halogens is 1. The van der Waals surface area contributed by atoms with Crippen LogP contribution in [0.5, 0.6) is 0 Å². The zero-order valence-corrected chi connectivity index (χ0v) is 14.2. The van der Waals surface area contributed by atoms with Crippen molar-refractivity contribution in [3.05, 3.63) is 29.8 Å². The van der Waals surface area contributed by atoms with Crippen LogP contribution in [0.15, 0.2) is 24.3 Å². The number of primary amides is 1. The predicted octanol–water partition coefficient (Wildman–Crippen LogP) is 0.652. The summed E-state index contributed by atoms with van der Waals surface area (Å²) in [4.78, 5) is 34.2. The summed E-state index contributed by atoms with van der Waals surface area (Å²) in [5.74, 6) is -0.421. The van der Waals surface area contributed by atoms with Crippen LogP contribution >= 0.6 is 12.4 Å². The Balaban J connectivity index is 0.00000288. The summed E-state index contributed by atoms with van der Waals surface area (Å²) in [7, 11) is 0. The molecule has 1 saturated heterocycles. The van der Waals surface area contributed by atoms with Gasteiger partial charge in [-0.1, -0.05) is 0 Å². The predicted molar refractivity (Wildman–Crippen MR) is 94.1 cm³/mol. The highest BCUT2D eigenvalue weighted by Gasteiger charge is 2.15. The summed E-state index contributed by atoms with van der Waals surface area (Å²) >= 11 is 0. The number of hydrogen-bond acceptors (Lipinski definition) is 4. The Morgan fingerprint density at radius 1 is 1.21 bits per heavy atom. The van der Waals surface area contributed by atoms with Gasteiger partial charge in [-0.15, -0.1) is 12.4 Å². The number of anilines is 1. The van der Waals surface area contributed by atoms with E-state index in [4.69, 9.17) is 5.73 Å². The molecule has 24 heavy (non-hydrogen) atoms. The van der Waals surface area contributed by atoms with Crippen molar-refractivity contribution in [2.75, 3.05) is 25.0 Å². The number of nitrogens with two attached hydrogens (primary N) is 1. The topological polar surface area (TPSA) is 113 Å². The molecule has 8 heteroatoms. The minimum Gasteiger partial charge on any atom is -0.368 e. The molecule has 7 nitrogen and oxygen atoms in total. The highest BCUT2D eigenvalue weighted by atomic mass is 35.5. The van der Waals surface area contributed by atoms with Gasteiger partial charge in [-0.2, -0.15) is 0 Å². The van der Waals surface area contributed by atoms with E-state index in [-0.39, 0.29) is 30.8 Å². The van der Waals surface area contributed by atoms with E-state index in [0.29, 0.717) is 23.6 Å². The van der Waals surface area contributed by atoms with Crippen LogP contribution in [0.25, 0.3) is 0 Å². The number of rotatable bonds is 7. The van der Waals surface area contributed by atoms with Gasteiger partial charge in [0, 0.05) is 17.7 Å². The molecule has 1 aromatic rings. The number of nitrogens with one attached hydrogen (secondary N) is 3. The molecule has 1 heterocycles. The lowest BCUT2D eigenvalue weighted by atomic mass is 10.0. The monoisotopic (exact) mass is 354 g/mol. The lowest BCUT2D eigenvalue weighted by Gasteiger charge is -2.09. The molecule has 1 fully saturated rings. The van der Waals surface area contributed by atoms with E-state index in [2.05, 4.69) is 16.0 Å². The van der Waals surface area contributed by atoms with Gasteiger partial charge in [0.2, 0.25) is 11.8 Å². The van der Waals surface area contributed by atoms with E-state index in [9.17, 15) is 14.4 Å². The molecular formula is C16H23ClN4O3. The van der Waals surface area contributed by atoms with Gasteiger partial charge in [0.25, 0.3) is 5.91 Å². The van der Waals surface area contributed by atoms with Crippen LogP contribution in [0.1, 0.15) is 29.6 Å². The molecule has 0 spiro atoms. The van der Waals surface area contributed by atoms with Crippen molar-refractivity contribution in [3.63, 3.8) is 0 Å². The van der Waals surface area contributed by atoms with Crippen molar-refractivity contribution in [1.82, 2.24) is 10.6 Å². The van der Waals surface area contributed by atoms with E-state index in [1.807, 2.05) is 0 Å². The van der Waals surface area contributed by atoms with Gasteiger partial charge in [0.05, 0.1) is 6.54 Å². The van der Waals surface area contributed by atoms with E-state index >= 15 is 0 Å². The van der Waals surface area contributed by atoms with Gasteiger partial charge in [0.1, 0.15) is 0 Å². The first-order valence-corrected chi connectivity index (χ1v) is 7.71. The number of amides is 3. The molecule has 1 atom stereocenters. The largest absolute Gasteiger partial charge is 0.368 e. The molecule has 1 aliphatic heterocycles. The highest BCUT2D eigenvalue weighted by Crippen LogP contribution is 2.15. The Kier molecular flexibility index (Phi) is 8.21. The van der Waals surface area contributed by atoms with Crippen LogP contribution in [0.3, 0.4) is 0 Å². The third kappa shape index (κ3) is 6.55. The summed E-state index contributed by atoms with van der Waals surface area (Å²) in [5.41, 5.74) is 6.01. The van der Waals surface area contributed by atoms with E-state index in [0.717, 1.165) is 25.9 Å². The minimum absolute atomic E-state index is 0. The smallest absolute Gasteiger partial charge is 0.251 e. The summed E-state index contributed by atoms with van der Waals surface area (Å²) in [6.07, 6.45) is 2.50. The molecule has 132 valence electrons. The normalized spacial score (nSPS) is 16.1. The van der Waals surface area contributed by atoms with E-state index in [1.54, 1.807) is 24.3 Å². The first kappa shape index (κ1) is 19.9. The number of carbonyl (C=O) groups excluding carboxylic acids is 3. The summed E-state index contributed by atoms with van der Waals surface area (Å²) in [6, 6.07) is 6.50. The molecule has 2 rings (SSSR count). The molecule has 1 unspecified atom stereocenters. The molecule has 0 aliphatic carbocycles. The molecule has 0 aromatic heterocycles. The number of benzene rings is 1. The van der Waals surface area contributed by atoms with Gasteiger partial charge in [-0.3, -0.25) is 14.4 Å². The summed E-state index contributed by atoms with van der Waals surface area (Å²) in [6.45, 7) is 1.82. The summed E-state index contributed by atoms with van der Waals surface area (Å²) < 4.78 is 0. The number of hydrogen-bond donors (Lipinski definition) is 4. The van der Waals surface area contributed by atoms with E-state index < -0.39 is 5.91 Å². The van der Waals surface area contributed by atoms with Crippen molar-refractivity contribution in [3.8, 4) is 0 Å². The SMILES string of the molecule is Cl.NC(=O)CNC(=O)c1ccc(NC(=O)CCC2CCNC2)cc1. The molecule has 0 radical (unpaired) electrons. The second-order valence-electron chi connectivity index (χ2n) is 5.67. The third-order valence-electron chi connectivity index (χ3n) is 3.80. The molecular weight excluding hydrogens is 332 g/mol. The molecule has 0 saturated carbocycles. The highest BCUT2D eigenvalue weighted by molar-refractivity contribution is 5.97. The summed E-state index contributed by atoms with van der Waals surface area (Å²) in [5, 5.41) is 8.50. The van der Waals surface area contributed by atoms with Crippen molar-refractivity contribution in [1.29, 1.82) is 0 Å². The Bertz CT molecular complexity index is 571. The first-order valence-electron chi connectivity index (χ1n) is 7.71. The minimum atomic E-state index is -0.598. The first-order chi connectivity index (χ1) is 11.0. The molecule has 1 aromatic carbocycles. The molecule has 1 aliphatic rings. The Hall–Kier alpha value is -2.12. The average Bonchev–Trinajstić information content (AvgIpc) is 3.05. The lowest BCUT2D eigenvalue weighted by molar-refractivity contribution is -0.117. The van der Waals surface area contributed by atoms with Crippen LogP contribution in [-0.4, -0.2) is 37.4 Å². The second kappa shape index (κ2) is 9.89. The van der Waals surface area contributed by atoms with Crippen molar-refractivity contribution < 1.29 is 14.4 Å². The molecule has 0 bridgehead atoms. The fourth-order valence-corrected chi connectivity index (χ4v) is 2.49. The van der Waals surface area contributed by atoms with Crippen LogP contribution in [0.2, 0.25) is 0 Å². The zero-order valence-electron chi connectivity index (χ0n) is 13.3. The van der Waals surface area contributed by atoms with Crippen molar-refractivity contribution >= 4 is 35.8 Å². The second-order valence-corrected chi connectivity index (χ2v) is 5.67. The number of carbonyl (C=O) groups is 3. The van der Waals surface area contributed by atoms with Gasteiger partial charge in [0.15, 0.2) is 0 Å². The lowest BCUT2D eigenvalue weighted by Crippen LogP contribution is -2.33. The fourth-order valence-electron chi connectivity index (χ4n) is 2.49. The molecule has 3 amide bonds.